The Morgan fingerprint density at radius 1 is 1.47 bits per heavy atom. The highest BCUT2D eigenvalue weighted by molar-refractivity contribution is 9.10. The molecule has 0 radical (unpaired) electrons. The third kappa shape index (κ3) is 2.38. The number of ether oxygens (including phenoxy) is 1. The average Bonchev–Trinajstić information content (AvgIpc) is 2.68. The van der Waals surface area contributed by atoms with Gasteiger partial charge in [0.05, 0.1) is 6.54 Å². The predicted octanol–water partition coefficient (Wildman–Crippen LogP) is 2.27. The number of aliphatic imine (C=N–C) groups is 1. The van der Waals surface area contributed by atoms with E-state index in [1.165, 1.54) is 0 Å². The molecule has 0 bridgehead atoms. The quantitative estimate of drug-likeness (QED) is 0.915. The third-order valence-electron chi connectivity index (χ3n) is 2.32. The van der Waals surface area contributed by atoms with Crippen molar-refractivity contribution >= 4 is 21.8 Å². The molecule has 4 heteroatoms. The number of halogens is 1. The molecule has 0 aliphatic carbocycles. The van der Waals surface area contributed by atoms with E-state index in [-0.39, 0.29) is 6.10 Å². The van der Waals surface area contributed by atoms with E-state index in [9.17, 15) is 0 Å². The molecule has 0 saturated carbocycles. The second kappa shape index (κ2) is 4.77. The van der Waals surface area contributed by atoms with Gasteiger partial charge in [-0.05, 0) is 6.07 Å². The Labute approximate surface area is 97.5 Å². The first kappa shape index (κ1) is 10.6. The minimum Gasteiger partial charge on any atom is -0.471 e. The van der Waals surface area contributed by atoms with Gasteiger partial charge in [-0.15, -0.1) is 0 Å². The lowest BCUT2D eigenvalue weighted by Crippen LogP contribution is -2.10. The maximum atomic E-state index is 5.71. The van der Waals surface area contributed by atoms with Gasteiger partial charge in [-0.25, -0.2) is 0 Å². The van der Waals surface area contributed by atoms with E-state index in [1.807, 2.05) is 18.2 Å². The Kier molecular flexibility index (Phi) is 3.38. The van der Waals surface area contributed by atoms with Crippen LogP contribution in [0.2, 0.25) is 0 Å². The predicted molar refractivity (Wildman–Crippen MR) is 63.9 cm³/mol. The van der Waals surface area contributed by atoms with Crippen molar-refractivity contribution in [2.75, 3.05) is 13.1 Å². The van der Waals surface area contributed by atoms with Crippen molar-refractivity contribution in [1.29, 1.82) is 0 Å². The van der Waals surface area contributed by atoms with Crippen molar-refractivity contribution in [2.24, 2.45) is 10.7 Å². The van der Waals surface area contributed by atoms with Crippen molar-refractivity contribution < 1.29 is 4.74 Å². The monoisotopic (exact) mass is 268 g/mol. The molecule has 1 unspecified atom stereocenters. The highest BCUT2D eigenvalue weighted by Gasteiger charge is 2.22. The van der Waals surface area contributed by atoms with Crippen molar-refractivity contribution in [3.8, 4) is 0 Å². The summed E-state index contributed by atoms with van der Waals surface area (Å²) >= 11 is 3.51. The molecule has 80 valence electrons. The third-order valence-corrected chi connectivity index (χ3v) is 3.04. The van der Waals surface area contributed by atoms with Gasteiger partial charge in [0.15, 0.2) is 5.90 Å². The molecule has 1 aromatic rings. The minimum atomic E-state index is 0.0436. The fraction of sp³-hybridized carbons (Fsp3) is 0.364. The summed E-state index contributed by atoms with van der Waals surface area (Å²) in [6, 6.07) is 8.06. The van der Waals surface area contributed by atoms with Gasteiger partial charge >= 0.3 is 0 Å². The number of benzene rings is 1. The summed E-state index contributed by atoms with van der Waals surface area (Å²) in [6.45, 7) is 1.28. The highest BCUT2D eigenvalue weighted by atomic mass is 79.9. The molecule has 1 atom stereocenters. The van der Waals surface area contributed by atoms with Crippen molar-refractivity contribution in [1.82, 2.24) is 0 Å². The first-order valence-electron chi connectivity index (χ1n) is 4.95. The Bertz CT molecular complexity index is 379. The van der Waals surface area contributed by atoms with E-state index in [4.69, 9.17) is 10.5 Å². The summed E-state index contributed by atoms with van der Waals surface area (Å²) in [4.78, 5) is 4.32. The fourth-order valence-corrected chi connectivity index (χ4v) is 2.12. The largest absolute Gasteiger partial charge is 0.471 e. The molecule has 3 nitrogen and oxygen atoms in total. The second-order valence-electron chi connectivity index (χ2n) is 3.40. The van der Waals surface area contributed by atoms with Crippen LogP contribution in [-0.4, -0.2) is 19.0 Å². The molecule has 1 aliphatic heterocycles. The molecule has 2 N–H and O–H groups in total. The van der Waals surface area contributed by atoms with Crippen LogP contribution in [0, 0.1) is 0 Å². The molecular weight excluding hydrogens is 256 g/mol. The number of hydrogen-bond acceptors (Lipinski definition) is 3. The molecule has 1 aliphatic rings. The van der Waals surface area contributed by atoms with Crippen molar-refractivity contribution in [2.45, 2.75) is 12.5 Å². The van der Waals surface area contributed by atoms with Gasteiger partial charge in [0.25, 0.3) is 0 Å². The van der Waals surface area contributed by atoms with Gasteiger partial charge in [-0.2, -0.15) is 0 Å². The van der Waals surface area contributed by atoms with Gasteiger partial charge in [0.2, 0.25) is 0 Å². The average molecular weight is 269 g/mol. The summed E-state index contributed by atoms with van der Waals surface area (Å²) in [7, 11) is 0. The summed E-state index contributed by atoms with van der Waals surface area (Å²) < 4.78 is 6.78. The Balaban J connectivity index is 2.07. The van der Waals surface area contributed by atoms with E-state index in [1.54, 1.807) is 0 Å². The summed E-state index contributed by atoms with van der Waals surface area (Å²) in [6.07, 6.45) is 0.767. The van der Waals surface area contributed by atoms with E-state index < -0.39 is 0 Å². The van der Waals surface area contributed by atoms with Gasteiger partial charge in [0.1, 0.15) is 6.10 Å². The molecule has 1 aromatic carbocycles. The second-order valence-corrected chi connectivity index (χ2v) is 4.26. The molecule has 0 fully saturated rings. The number of nitrogens with zero attached hydrogens (tertiary/aromatic N) is 1. The van der Waals surface area contributed by atoms with Crippen LogP contribution < -0.4 is 5.73 Å². The van der Waals surface area contributed by atoms with E-state index in [0.29, 0.717) is 13.1 Å². The maximum Gasteiger partial charge on any atom is 0.185 e. The fourth-order valence-electron chi connectivity index (χ4n) is 1.58. The van der Waals surface area contributed by atoms with Crippen LogP contribution in [0.1, 0.15) is 18.1 Å². The summed E-state index contributed by atoms with van der Waals surface area (Å²) in [5, 5.41) is 0. The zero-order valence-corrected chi connectivity index (χ0v) is 9.90. The zero-order chi connectivity index (χ0) is 10.7. The van der Waals surface area contributed by atoms with Gasteiger partial charge < -0.3 is 10.5 Å². The minimum absolute atomic E-state index is 0.0436. The van der Waals surface area contributed by atoms with E-state index in [2.05, 4.69) is 27.0 Å². The van der Waals surface area contributed by atoms with Crippen LogP contribution in [0.25, 0.3) is 0 Å². The van der Waals surface area contributed by atoms with Gasteiger partial charge in [0, 0.05) is 23.0 Å². The lowest BCUT2D eigenvalue weighted by atomic mass is 10.1. The van der Waals surface area contributed by atoms with Crippen LogP contribution >= 0.6 is 15.9 Å². The van der Waals surface area contributed by atoms with Crippen LogP contribution in [0.5, 0.6) is 0 Å². The number of hydrogen-bond donors (Lipinski definition) is 1. The first-order chi connectivity index (χ1) is 7.31. The van der Waals surface area contributed by atoms with Crippen LogP contribution in [0.15, 0.2) is 33.7 Å². The van der Waals surface area contributed by atoms with Gasteiger partial charge in [-0.1, -0.05) is 34.1 Å². The molecular formula is C11H13BrN2O. The Hall–Kier alpha value is -0.870. The lowest BCUT2D eigenvalue weighted by molar-refractivity contribution is 0.223. The standard InChI is InChI=1S/C11H13BrN2O/c12-9-4-2-1-3-8(9)10-7-14-11(15-10)5-6-13/h1-4,10H,5-7,13H2. The SMILES string of the molecule is NCCC1=NCC(c2ccccc2Br)O1. The number of rotatable bonds is 3. The van der Waals surface area contributed by atoms with Gasteiger partial charge in [-0.3, -0.25) is 4.99 Å². The Morgan fingerprint density at radius 3 is 3.00 bits per heavy atom. The molecule has 0 spiro atoms. The molecule has 1 heterocycles. The summed E-state index contributed by atoms with van der Waals surface area (Å²) in [5.74, 6) is 0.776. The number of nitrogens with two attached hydrogens (primary N) is 1. The van der Waals surface area contributed by atoms with Crippen molar-refractivity contribution in [3.05, 3.63) is 34.3 Å². The zero-order valence-electron chi connectivity index (χ0n) is 8.32. The topological polar surface area (TPSA) is 47.6 Å². The maximum absolute atomic E-state index is 5.71. The molecule has 15 heavy (non-hydrogen) atoms. The Morgan fingerprint density at radius 2 is 2.27 bits per heavy atom. The van der Waals surface area contributed by atoms with Crippen LogP contribution in [0.3, 0.4) is 0 Å². The van der Waals surface area contributed by atoms with Crippen LogP contribution in [-0.2, 0) is 4.74 Å². The molecule has 0 amide bonds. The lowest BCUT2D eigenvalue weighted by Gasteiger charge is -2.12. The first-order valence-corrected chi connectivity index (χ1v) is 5.75. The molecule has 0 aromatic heterocycles. The molecule has 0 saturated heterocycles. The van der Waals surface area contributed by atoms with Crippen LogP contribution in [0.4, 0.5) is 0 Å². The van der Waals surface area contributed by atoms with Crippen molar-refractivity contribution in [3.63, 3.8) is 0 Å². The molecule has 2 rings (SSSR count). The highest BCUT2D eigenvalue weighted by Crippen LogP contribution is 2.29. The van der Waals surface area contributed by atoms with E-state index >= 15 is 0 Å². The summed E-state index contributed by atoms with van der Waals surface area (Å²) in [5.41, 5.74) is 6.60. The normalized spacial score (nSPS) is 19.9. The van der Waals surface area contributed by atoms with E-state index in [0.717, 1.165) is 22.4 Å². The smallest absolute Gasteiger partial charge is 0.185 e.